The Hall–Kier alpha value is -2.12. The maximum atomic E-state index is 6.01. The maximum Gasteiger partial charge on any atom is 0.248 e. The summed E-state index contributed by atoms with van der Waals surface area (Å²) in [7, 11) is 0. The predicted octanol–water partition coefficient (Wildman–Crippen LogP) is 3.12. The van der Waals surface area contributed by atoms with E-state index in [2.05, 4.69) is 31.8 Å². The van der Waals surface area contributed by atoms with Crippen molar-refractivity contribution in [3.8, 4) is 0 Å². The van der Waals surface area contributed by atoms with Crippen molar-refractivity contribution in [1.82, 2.24) is 20.8 Å². The summed E-state index contributed by atoms with van der Waals surface area (Å²) in [6.45, 7) is 8.25. The van der Waals surface area contributed by atoms with Crippen LogP contribution in [-0.4, -0.2) is 35.8 Å². The summed E-state index contributed by atoms with van der Waals surface area (Å²) in [6, 6.07) is 7.84. The highest BCUT2D eigenvalue weighted by Gasteiger charge is 2.13. The minimum Gasteiger partial charge on any atom is -0.371 e. The topological polar surface area (TPSA) is 84.6 Å². The zero-order valence-electron chi connectivity index (χ0n) is 15.5. The normalized spacial score (nSPS) is 12.8. The molecule has 2 aromatic rings. The molecule has 0 saturated carbocycles. The summed E-state index contributed by atoms with van der Waals surface area (Å²) >= 11 is 6.01. The fourth-order valence-electron chi connectivity index (χ4n) is 2.33. The lowest BCUT2D eigenvalue weighted by atomic mass is 10.1. The molecule has 1 heterocycles. The van der Waals surface area contributed by atoms with E-state index >= 15 is 0 Å². The van der Waals surface area contributed by atoms with Crippen molar-refractivity contribution < 1.29 is 9.26 Å². The molecule has 2 N–H and O–H groups in total. The third kappa shape index (κ3) is 6.65. The first kappa shape index (κ1) is 20.2. The molecule has 142 valence electrons. The van der Waals surface area contributed by atoms with Crippen molar-refractivity contribution >= 4 is 17.6 Å². The molecule has 0 amide bonds. The van der Waals surface area contributed by atoms with Crippen molar-refractivity contribution in [3.63, 3.8) is 0 Å². The Labute approximate surface area is 159 Å². The van der Waals surface area contributed by atoms with Crippen LogP contribution in [0.25, 0.3) is 0 Å². The number of aromatic nitrogens is 2. The molecule has 0 spiro atoms. The molecule has 0 aliphatic rings. The Morgan fingerprint density at radius 1 is 1.35 bits per heavy atom. The highest BCUT2D eigenvalue weighted by atomic mass is 35.5. The minimum atomic E-state index is -0.189. The van der Waals surface area contributed by atoms with E-state index in [9.17, 15) is 0 Å². The standard InChI is InChI=1S/C18H26ClN5O2/c1-4-20-18(21-10-9-14-7-6-8-15(19)11-14)22-12-16-23-17(24-26-16)13(3)25-5-2/h6-8,11,13H,4-5,9-10,12H2,1-3H3,(H2,20,21,22). The van der Waals surface area contributed by atoms with Gasteiger partial charge in [0.15, 0.2) is 11.8 Å². The smallest absolute Gasteiger partial charge is 0.248 e. The van der Waals surface area contributed by atoms with Crippen molar-refractivity contribution in [1.29, 1.82) is 0 Å². The first-order valence-electron chi connectivity index (χ1n) is 8.83. The van der Waals surface area contributed by atoms with Gasteiger partial charge in [-0.25, -0.2) is 4.99 Å². The Bertz CT molecular complexity index is 704. The van der Waals surface area contributed by atoms with E-state index in [1.165, 1.54) is 5.56 Å². The van der Waals surface area contributed by atoms with Gasteiger partial charge in [0.2, 0.25) is 5.89 Å². The van der Waals surface area contributed by atoms with E-state index in [1.807, 2.05) is 39.0 Å². The first-order valence-corrected chi connectivity index (χ1v) is 9.20. The number of halogens is 1. The molecule has 1 aromatic carbocycles. The van der Waals surface area contributed by atoms with Gasteiger partial charge in [0.25, 0.3) is 0 Å². The van der Waals surface area contributed by atoms with Crippen LogP contribution >= 0.6 is 11.6 Å². The maximum absolute atomic E-state index is 6.01. The van der Waals surface area contributed by atoms with Gasteiger partial charge in [-0.3, -0.25) is 0 Å². The molecule has 26 heavy (non-hydrogen) atoms. The fourth-order valence-corrected chi connectivity index (χ4v) is 2.54. The monoisotopic (exact) mass is 379 g/mol. The van der Waals surface area contributed by atoms with E-state index in [-0.39, 0.29) is 6.10 Å². The van der Waals surface area contributed by atoms with Gasteiger partial charge in [-0.2, -0.15) is 4.98 Å². The van der Waals surface area contributed by atoms with Gasteiger partial charge in [0.05, 0.1) is 0 Å². The first-order chi connectivity index (χ1) is 12.6. The molecule has 0 bridgehead atoms. The molecule has 1 atom stereocenters. The molecule has 0 fully saturated rings. The number of nitrogens with zero attached hydrogens (tertiary/aromatic N) is 3. The number of benzene rings is 1. The summed E-state index contributed by atoms with van der Waals surface area (Å²) in [5.41, 5.74) is 1.17. The highest BCUT2D eigenvalue weighted by molar-refractivity contribution is 6.30. The van der Waals surface area contributed by atoms with E-state index in [4.69, 9.17) is 20.9 Å². The molecule has 7 nitrogen and oxygen atoms in total. The fraction of sp³-hybridized carbons (Fsp3) is 0.500. The van der Waals surface area contributed by atoms with Crippen LogP contribution in [0.1, 0.15) is 44.2 Å². The van der Waals surface area contributed by atoms with Crippen LogP contribution in [0.5, 0.6) is 0 Å². The summed E-state index contributed by atoms with van der Waals surface area (Å²) < 4.78 is 10.7. The number of ether oxygens (including phenoxy) is 1. The summed E-state index contributed by atoms with van der Waals surface area (Å²) in [5.74, 6) is 1.70. The SMILES string of the molecule is CCNC(=NCc1nc(C(C)OCC)no1)NCCc1cccc(Cl)c1. The second-order valence-corrected chi connectivity index (χ2v) is 6.08. The number of hydrogen-bond acceptors (Lipinski definition) is 5. The summed E-state index contributed by atoms with van der Waals surface area (Å²) in [4.78, 5) is 8.80. The Morgan fingerprint density at radius 3 is 2.92 bits per heavy atom. The van der Waals surface area contributed by atoms with Gasteiger partial charge in [0, 0.05) is 24.7 Å². The second kappa shape index (κ2) is 10.8. The van der Waals surface area contributed by atoms with Crippen LogP contribution < -0.4 is 10.6 Å². The molecule has 0 aliphatic heterocycles. The van der Waals surface area contributed by atoms with Crippen LogP contribution in [0.4, 0.5) is 0 Å². The number of nitrogens with one attached hydrogen (secondary N) is 2. The lowest BCUT2D eigenvalue weighted by molar-refractivity contribution is 0.0683. The van der Waals surface area contributed by atoms with Crippen LogP contribution in [-0.2, 0) is 17.7 Å². The van der Waals surface area contributed by atoms with Crippen LogP contribution in [0.2, 0.25) is 5.02 Å². The third-order valence-electron chi connectivity index (χ3n) is 3.58. The van der Waals surface area contributed by atoms with Crippen molar-refractivity contribution in [2.24, 2.45) is 4.99 Å². The van der Waals surface area contributed by atoms with Gasteiger partial charge in [-0.05, 0) is 44.9 Å². The summed E-state index contributed by atoms with van der Waals surface area (Å²) in [5, 5.41) is 11.2. The molecule has 8 heteroatoms. The van der Waals surface area contributed by atoms with E-state index in [1.54, 1.807) is 0 Å². The molecule has 0 radical (unpaired) electrons. The van der Waals surface area contributed by atoms with Crippen molar-refractivity contribution in [2.45, 2.75) is 39.8 Å². The van der Waals surface area contributed by atoms with Crippen LogP contribution in [0.15, 0.2) is 33.8 Å². The van der Waals surface area contributed by atoms with E-state index < -0.39 is 0 Å². The zero-order valence-corrected chi connectivity index (χ0v) is 16.2. The average molecular weight is 380 g/mol. The van der Waals surface area contributed by atoms with Gasteiger partial charge < -0.3 is 19.9 Å². The molecule has 0 aliphatic carbocycles. The number of aliphatic imine (C=N–C) groups is 1. The third-order valence-corrected chi connectivity index (χ3v) is 3.81. The van der Waals surface area contributed by atoms with Crippen molar-refractivity contribution in [2.75, 3.05) is 19.7 Å². The Morgan fingerprint density at radius 2 is 2.19 bits per heavy atom. The van der Waals surface area contributed by atoms with Gasteiger partial charge in [-0.15, -0.1) is 0 Å². The minimum absolute atomic E-state index is 0.189. The summed E-state index contributed by atoms with van der Waals surface area (Å²) in [6.07, 6.45) is 0.659. The Kier molecular flexibility index (Phi) is 8.37. The van der Waals surface area contributed by atoms with E-state index in [0.717, 1.165) is 24.5 Å². The van der Waals surface area contributed by atoms with Crippen molar-refractivity contribution in [3.05, 3.63) is 46.6 Å². The molecule has 1 unspecified atom stereocenters. The van der Waals surface area contributed by atoms with Crippen LogP contribution in [0.3, 0.4) is 0 Å². The molecule has 2 rings (SSSR count). The molecule has 0 saturated heterocycles. The predicted molar refractivity (Wildman–Crippen MR) is 102 cm³/mol. The highest BCUT2D eigenvalue weighted by Crippen LogP contribution is 2.13. The quantitative estimate of drug-likeness (QED) is 0.514. The van der Waals surface area contributed by atoms with E-state index in [0.29, 0.717) is 30.8 Å². The number of guanidine groups is 1. The molecular formula is C18H26ClN5O2. The number of rotatable bonds is 9. The molecule has 1 aromatic heterocycles. The van der Waals surface area contributed by atoms with Gasteiger partial charge in [-0.1, -0.05) is 28.9 Å². The lowest BCUT2D eigenvalue weighted by Gasteiger charge is -2.10. The second-order valence-electron chi connectivity index (χ2n) is 5.65. The van der Waals surface area contributed by atoms with Gasteiger partial charge >= 0.3 is 0 Å². The average Bonchev–Trinajstić information content (AvgIpc) is 3.09. The Balaban J connectivity index is 1.87. The number of hydrogen-bond donors (Lipinski definition) is 2. The largest absolute Gasteiger partial charge is 0.371 e. The molecular weight excluding hydrogens is 354 g/mol. The van der Waals surface area contributed by atoms with Gasteiger partial charge in [0.1, 0.15) is 12.6 Å². The van der Waals surface area contributed by atoms with Crippen LogP contribution in [0, 0.1) is 0 Å². The lowest BCUT2D eigenvalue weighted by Crippen LogP contribution is -2.38. The zero-order chi connectivity index (χ0) is 18.8.